The minimum absolute atomic E-state index is 0.376. The monoisotopic (exact) mass is 274 g/mol. The maximum absolute atomic E-state index is 13.9. The Bertz CT molecular complexity index is 590. The van der Waals surface area contributed by atoms with E-state index in [2.05, 4.69) is 0 Å². The van der Waals surface area contributed by atoms with Gasteiger partial charge in [0.1, 0.15) is 0 Å². The van der Waals surface area contributed by atoms with E-state index in [4.69, 9.17) is 0 Å². The molecule has 0 saturated heterocycles. The fraction of sp³-hybridized carbons (Fsp3) is 0.0909. The summed E-state index contributed by atoms with van der Waals surface area (Å²) in [5.41, 5.74) is 0. The third-order valence-corrected chi connectivity index (χ3v) is 5.06. The minimum atomic E-state index is -4.68. The molecule has 0 aliphatic heterocycles. The van der Waals surface area contributed by atoms with Crippen LogP contribution < -0.4 is 0 Å². The van der Waals surface area contributed by atoms with Crippen molar-refractivity contribution < 1.29 is 17.2 Å². The van der Waals surface area contributed by atoms with Gasteiger partial charge in [0, 0.05) is 0 Å². The van der Waals surface area contributed by atoms with E-state index < -0.39 is 20.0 Å². The van der Waals surface area contributed by atoms with Gasteiger partial charge < -0.3 is 0 Å². The lowest BCUT2D eigenvalue weighted by Crippen LogP contribution is -2.25. The van der Waals surface area contributed by atoms with Gasteiger partial charge in [0.15, 0.2) is 0 Å². The number of alkyl halides is 2. The zero-order valence-corrected chi connectivity index (χ0v) is 10.1. The summed E-state index contributed by atoms with van der Waals surface area (Å²) in [7, 11) is -4.68. The van der Waals surface area contributed by atoms with Gasteiger partial charge in [0.25, 0.3) is 0 Å². The third kappa shape index (κ3) is 1.98. The van der Waals surface area contributed by atoms with Gasteiger partial charge in [-0.05, 0) is 23.6 Å². The van der Waals surface area contributed by atoms with Crippen LogP contribution in [0.2, 0.25) is 0 Å². The van der Waals surface area contributed by atoms with E-state index in [1.807, 2.05) is 0 Å². The molecule has 0 saturated carbocycles. The highest BCUT2D eigenvalue weighted by molar-refractivity contribution is 7.92. The minimum Gasteiger partial charge on any atom is -0.217 e. The molecule has 2 rings (SSSR count). The number of sulfone groups is 1. The molecule has 2 nitrogen and oxygen atoms in total. The molecular weight excluding hydrogens is 266 g/mol. The van der Waals surface area contributed by atoms with Crippen molar-refractivity contribution >= 4 is 21.2 Å². The zero-order chi connectivity index (χ0) is 12.5. The van der Waals surface area contributed by atoms with Crippen LogP contribution in [0.5, 0.6) is 0 Å². The first-order valence-corrected chi connectivity index (χ1v) is 7.04. The lowest BCUT2D eigenvalue weighted by Gasteiger charge is -2.15. The van der Waals surface area contributed by atoms with Crippen molar-refractivity contribution in [1.29, 1.82) is 0 Å². The molecule has 1 aromatic carbocycles. The molecule has 0 atom stereocenters. The van der Waals surface area contributed by atoms with Crippen LogP contribution in [0.3, 0.4) is 0 Å². The number of hydrogen-bond acceptors (Lipinski definition) is 3. The van der Waals surface area contributed by atoms with E-state index in [9.17, 15) is 17.2 Å². The molecule has 2 aromatic rings. The van der Waals surface area contributed by atoms with Gasteiger partial charge in [-0.15, -0.1) is 11.3 Å². The zero-order valence-electron chi connectivity index (χ0n) is 8.51. The molecule has 0 aliphatic rings. The Morgan fingerprint density at radius 2 is 1.65 bits per heavy atom. The molecule has 6 heteroatoms. The second-order valence-corrected chi connectivity index (χ2v) is 6.25. The summed E-state index contributed by atoms with van der Waals surface area (Å²) in [6.45, 7) is 0. The van der Waals surface area contributed by atoms with E-state index in [1.165, 1.54) is 23.6 Å². The summed E-state index contributed by atoms with van der Waals surface area (Å²) in [6, 6.07) is 9.24. The first-order valence-electron chi connectivity index (χ1n) is 4.68. The van der Waals surface area contributed by atoms with E-state index in [-0.39, 0.29) is 4.90 Å². The number of thiophene rings is 1. The van der Waals surface area contributed by atoms with Crippen molar-refractivity contribution in [3.05, 3.63) is 52.7 Å². The van der Waals surface area contributed by atoms with Gasteiger partial charge in [-0.3, -0.25) is 0 Å². The van der Waals surface area contributed by atoms with Crippen molar-refractivity contribution in [2.24, 2.45) is 0 Å². The number of rotatable bonds is 3. The maximum atomic E-state index is 13.9. The predicted molar refractivity (Wildman–Crippen MR) is 61.8 cm³/mol. The predicted octanol–water partition coefficient (Wildman–Crippen LogP) is 3.27. The number of hydrogen-bond donors (Lipinski definition) is 0. The van der Waals surface area contributed by atoms with E-state index in [0.29, 0.717) is 0 Å². The van der Waals surface area contributed by atoms with Gasteiger partial charge in [-0.25, -0.2) is 8.42 Å². The molecule has 0 bridgehead atoms. The lowest BCUT2D eigenvalue weighted by atomic mass is 10.4. The lowest BCUT2D eigenvalue weighted by molar-refractivity contribution is 0.0947. The topological polar surface area (TPSA) is 34.1 Å². The second-order valence-electron chi connectivity index (χ2n) is 3.31. The van der Waals surface area contributed by atoms with Gasteiger partial charge in [-0.1, -0.05) is 24.3 Å². The van der Waals surface area contributed by atoms with Crippen molar-refractivity contribution in [1.82, 2.24) is 0 Å². The summed E-state index contributed by atoms with van der Waals surface area (Å²) in [5.74, 6) is 0. The average molecular weight is 274 g/mol. The van der Waals surface area contributed by atoms with Crippen LogP contribution in [0.25, 0.3) is 0 Å². The summed E-state index contributed by atoms with van der Waals surface area (Å²) in [6.07, 6.45) is 0. The number of benzene rings is 1. The van der Waals surface area contributed by atoms with E-state index in [0.717, 1.165) is 29.5 Å². The molecular formula is C11H8F2O2S2. The Balaban J connectivity index is 2.54. The van der Waals surface area contributed by atoms with Crippen molar-refractivity contribution in [2.75, 3.05) is 0 Å². The molecule has 1 aromatic heterocycles. The van der Waals surface area contributed by atoms with Crippen LogP contribution in [-0.4, -0.2) is 8.42 Å². The molecule has 90 valence electrons. The highest BCUT2D eigenvalue weighted by Crippen LogP contribution is 2.40. The van der Waals surface area contributed by atoms with Crippen LogP contribution >= 0.6 is 11.3 Å². The maximum Gasteiger partial charge on any atom is 0.383 e. The summed E-state index contributed by atoms with van der Waals surface area (Å²) in [5, 5.41) is -2.47. The van der Waals surface area contributed by atoms with Crippen LogP contribution in [-0.2, 0) is 15.1 Å². The molecule has 1 heterocycles. The van der Waals surface area contributed by atoms with Crippen LogP contribution in [0.15, 0.2) is 52.7 Å². The highest BCUT2D eigenvalue weighted by atomic mass is 32.2. The Kier molecular flexibility index (Phi) is 3.01. The molecule has 0 aliphatic carbocycles. The highest BCUT2D eigenvalue weighted by Gasteiger charge is 2.48. The molecule has 0 fully saturated rings. The molecule has 0 unspecified atom stereocenters. The standard InChI is InChI=1S/C11H8F2O2S2/c12-11(13,10-7-4-8-16-10)17(14,15)9-5-2-1-3-6-9/h1-8H. The third-order valence-electron chi connectivity index (χ3n) is 2.20. The Morgan fingerprint density at radius 1 is 1.00 bits per heavy atom. The van der Waals surface area contributed by atoms with Gasteiger partial charge >= 0.3 is 5.25 Å². The molecule has 0 amide bonds. The van der Waals surface area contributed by atoms with E-state index >= 15 is 0 Å². The Labute approximate surface area is 101 Å². The van der Waals surface area contributed by atoms with Crippen molar-refractivity contribution in [2.45, 2.75) is 10.2 Å². The molecule has 17 heavy (non-hydrogen) atoms. The average Bonchev–Trinajstić information content (AvgIpc) is 2.84. The van der Waals surface area contributed by atoms with Crippen LogP contribution in [0, 0.1) is 0 Å². The van der Waals surface area contributed by atoms with Gasteiger partial charge in [0.05, 0.1) is 9.77 Å². The fourth-order valence-corrected chi connectivity index (χ4v) is 3.54. The number of halogens is 2. The van der Waals surface area contributed by atoms with Crippen LogP contribution in [0.4, 0.5) is 8.78 Å². The van der Waals surface area contributed by atoms with Crippen molar-refractivity contribution in [3.63, 3.8) is 0 Å². The molecule has 0 radical (unpaired) electrons. The quantitative estimate of drug-likeness (QED) is 0.860. The fourth-order valence-electron chi connectivity index (χ4n) is 1.32. The molecule has 0 spiro atoms. The summed E-state index contributed by atoms with van der Waals surface area (Å²) >= 11 is 0.722. The smallest absolute Gasteiger partial charge is 0.217 e. The summed E-state index contributed by atoms with van der Waals surface area (Å²) < 4.78 is 51.4. The van der Waals surface area contributed by atoms with Crippen LogP contribution in [0.1, 0.15) is 4.88 Å². The Hall–Kier alpha value is -1.27. The Morgan fingerprint density at radius 3 is 2.18 bits per heavy atom. The molecule has 0 N–H and O–H groups in total. The van der Waals surface area contributed by atoms with Crippen molar-refractivity contribution in [3.8, 4) is 0 Å². The van der Waals surface area contributed by atoms with Gasteiger partial charge in [-0.2, -0.15) is 8.78 Å². The summed E-state index contributed by atoms with van der Waals surface area (Å²) in [4.78, 5) is -0.847. The van der Waals surface area contributed by atoms with E-state index in [1.54, 1.807) is 6.07 Å². The normalized spacial score (nSPS) is 12.6. The first-order chi connectivity index (χ1) is 7.96. The SMILES string of the molecule is O=S(=O)(c1ccccc1)C(F)(F)c1cccs1. The largest absolute Gasteiger partial charge is 0.383 e. The second kappa shape index (κ2) is 4.19. The van der Waals surface area contributed by atoms with Gasteiger partial charge in [0.2, 0.25) is 9.84 Å². The first kappa shape index (κ1) is 12.2.